The monoisotopic (exact) mass is 304 g/mol. The van der Waals surface area contributed by atoms with Crippen LogP contribution in [0.3, 0.4) is 0 Å². The zero-order valence-corrected chi connectivity index (χ0v) is 15.2. The van der Waals surface area contributed by atoms with Gasteiger partial charge in [0.1, 0.15) is 5.78 Å². The van der Waals surface area contributed by atoms with E-state index in [4.69, 9.17) is 0 Å². The van der Waals surface area contributed by atoms with E-state index in [2.05, 4.69) is 33.6 Å². The minimum Gasteiger partial charge on any atom is -0.300 e. The van der Waals surface area contributed by atoms with E-state index in [9.17, 15) is 9.59 Å². The Bertz CT molecular complexity index is 452. The van der Waals surface area contributed by atoms with E-state index < -0.39 is 0 Å². The first-order chi connectivity index (χ1) is 10.0. The molecule has 0 fully saturated rings. The Labute approximate surface area is 136 Å². The van der Waals surface area contributed by atoms with E-state index >= 15 is 0 Å². The highest BCUT2D eigenvalue weighted by Crippen LogP contribution is 2.29. The third-order valence-electron chi connectivity index (χ3n) is 3.74. The summed E-state index contributed by atoms with van der Waals surface area (Å²) in [6, 6.07) is 0. The lowest BCUT2D eigenvalue weighted by molar-refractivity contribution is -0.121. The highest BCUT2D eigenvalue weighted by atomic mass is 16.1. The molecule has 0 aromatic rings. The van der Waals surface area contributed by atoms with E-state index in [0.29, 0.717) is 11.7 Å². The molecule has 0 aliphatic heterocycles. The summed E-state index contributed by atoms with van der Waals surface area (Å²) in [7, 11) is 0. The number of rotatable bonds is 3. The Morgan fingerprint density at radius 3 is 1.64 bits per heavy atom. The lowest BCUT2D eigenvalue weighted by Gasteiger charge is -2.21. The van der Waals surface area contributed by atoms with Gasteiger partial charge in [-0.25, -0.2) is 0 Å². The second-order valence-electron chi connectivity index (χ2n) is 5.99. The average Bonchev–Trinajstić information content (AvgIpc) is 2.42. The van der Waals surface area contributed by atoms with E-state index in [1.807, 2.05) is 13.8 Å². The Morgan fingerprint density at radius 1 is 1.00 bits per heavy atom. The van der Waals surface area contributed by atoms with Gasteiger partial charge in [0.25, 0.3) is 0 Å². The first kappa shape index (κ1) is 22.6. The summed E-state index contributed by atoms with van der Waals surface area (Å²) in [5.74, 6) is 0.695. The van der Waals surface area contributed by atoms with E-state index in [1.54, 1.807) is 6.92 Å². The molecule has 1 rings (SSSR count). The van der Waals surface area contributed by atoms with Gasteiger partial charge in [0, 0.05) is 5.92 Å². The SMILES string of the molecule is C=C(C)C(=C)C.C=CC(C)=O.CC(=O)C1CCC(C)=C(C)C1. The van der Waals surface area contributed by atoms with Crippen molar-refractivity contribution in [2.45, 2.75) is 60.8 Å². The van der Waals surface area contributed by atoms with E-state index in [1.165, 1.54) is 24.1 Å². The first-order valence-corrected chi connectivity index (χ1v) is 7.62. The molecule has 0 amide bonds. The van der Waals surface area contributed by atoms with Gasteiger partial charge in [0.2, 0.25) is 0 Å². The fraction of sp³-hybridized carbons (Fsp3) is 0.500. The molecule has 2 nitrogen and oxygen atoms in total. The van der Waals surface area contributed by atoms with Crippen molar-refractivity contribution >= 4 is 11.6 Å². The number of hydrogen-bond acceptors (Lipinski definition) is 2. The van der Waals surface area contributed by atoms with Crippen LogP contribution in [0.15, 0.2) is 48.1 Å². The summed E-state index contributed by atoms with van der Waals surface area (Å²) in [6.07, 6.45) is 4.47. The van der Waals surface area contributed by atoms with Crippen LogP contribution in [0.4, 0.5) is 0 Å². The van der Waals surface area contributed by atoms with Gasteiger partial charge >= 0.3 is 0 Å². The van der Waals surface area contributed by atoms with Crippen LogP contribution in [-0.4, -0.2) is 11.6 Å². The summed E-state index contributed by atoms with van der Waals surface area (Å²) in [5, 5.41) is 0. The Hall–Kier alpha value is -1.70. The number of hydrogen-bond donors (Lipinski definition) is 0. The minimum absolute atomic E-state index is 0.0185. The topological polar surface area (TPSA) is 34.1 Å². The molecule has 0 saturated carbocycles. The minimum atomic E-state index is 0.0185. The van der Waals surface area contributed by atoms with Crippen LogP contribution in [0.5, 0.6) is 0 Å². The maximum Gasteiger partial charge on any atom is 0.152 e. The Kier molecular flexibility index (Phi) is 12.2. The van der Waals surface area contributed by atoms with Crippen LogP contribution < -0.4 is 0 Å². The Balaban J connectivity index is 0. The smallest absolute Gasteiger partial charge is 0.152 e. The maximum atomic E-state index is 11.0. The van der Waals surface area contributed by atoms with Crippen LogP contribution >= 0.6 is 0 Å². The van der Waals surface area contributed by atoms with Crippen LogP contribution in [0, 0.1) is 5.92 Å². The molecule has 0 heterocycles. The summed E-state index contributed by atoms with van der Waals surface area (Å²) in [6.45, 7) is 21.9. The van der Waals surface area contributed by atoms with Crippen molar-refractivity contribution in [2.75, 3.05) is 0 Å². The fourth-order valence-electron chi connectivity index (χ4n) is 1.60. The number of carbonyl (C=O) groups excluding carboxylic acids is 2. The predicted molar refractivity (Wildman–Crippen MR) is 96.9 cm³/mol. The van der Waals surface area contributed by atoms with Crippen molar-refractivity contribution in [1.82, 2.24) is 0 Å². The van der Waals surface area contributed by atoms with Gasteiger partial charge in [-0.15, -0.1) is 0 Å². The van der Waals surface area contributed by atoms with Crippen molar-refractivity contribution in [3.63, 3.8) is 0 Å². The molecule has 1 unspecified atom stereocenters. The van der Waals surface area contributed by atoms with Crippen molar-refractivity contribution in [1.29, 1.82) is 0 Å². The largest absolute Gasteiger partial charge is 0.300 e. The van der Waals surface area contributed by atoms with Crippen molar-refractivity contribution in [2.24, 2.45) is 5.92 Å². The first-order valence-electron chi connectivity index (χ1n) is 7.62. The maximum absolute atomic E-state index is 11.0. The van der Waals surface area contributed by atoms with Crippen molar-refractivity contribution in [3.05, 3.63) is 48.1 Å². The fourth-order valence-corrected chi connectivity index (χ4v) is 1.60. The lowest BCUT2D eigenvalue weighted by atomic mass is 9.83. The molecule has 2 heteroatoms. The third-order valence-corrected chi connectivity index (χ3v) is 3.74. The predicted octanol–water partition coefficient (Wildman–Crippen LogP) is 5.61. The van der Waals surface area contributed by atoms with Gasteiger partial charge in [-0.05, 0) is 66.9 Å². The van der Waals surface area contributed by atoms with Gasteiger partial charge in [0.05, 0.1) is 0 Å². The number of allylic oxidation sites excluding steroid dienone is 5. The van der Waals surface area contributed by atoms with Gasteiger partial charge < -0.3 is 0 Å². The third kappa shape index (κ3) is 12.1. The Morgan fingerprint density at radius 2 is 1.41 bits per heavy atom. The highest BCUT2D eigenvalue weighted by molar-refractivity contribution is 5.86. The molecule has 124 valence electrons. The zero-order valence-electron chi connectivity index (χ0n) is 15.2. The number of Topliss-reactive ketones (excluding diaryl/α,β-unsaturated/α-hetero) is 1. The zero-order chi connectivity index (χ0) is 17.9. The molecular weight excluding hydrogens is 272 g/mol. The van der Waals surface area contributed by atoms with Crippen LogP contribution in [0.25, 0.3) is 0 Å². The van der Waals surface area contributed by atoms with Gasteiger partial charge in [-0.3, -0.25) is 9.59 Å². The standard InChI is InChI=1S/C10H16O.C6H10.C4H6O/c1-7-4-5-10(9(3)11)6-8(7)2;1-5(2)6(3)4;1-3-4(2)5/h10H,4-6H2,1-3H3;1,3H2,2,4H3;3H,1H2,2H3. The quantitative estimate of drug-likeness (QED) is 0.386. The highest BCUT2D eigenvalue weighted by Gasteiger charge is 2.19. The van der Waals surface area contributed by atoms with Crippen LogP contribution in [0.1, 0.15) is 60.8 Å². The second-order valence-corrected chi connectivity index (χ2v) is 5.99. The molecule has 0 saturated heterocycles. The molecule has 0 spiro atoms. The summed E-state index contributed by atoms with van der Waals surface area (Å²) >= 11 is 0. The van der Waals surface area contributed by atoms with Crippen molar-refractivity contribution < 1.29 is 9.59 Å². The number of carbonyl (C=O) groups is 2. The molecule has 1 atom stereocenters. The molecule has 0 radical (unpaired) electrons. The van der Waals surface area contributed by atoms with E-state index in [0.717, 1.165) is 30.4 Å². The van der Waals surface area contributed by atoms with Crippen molar-refractivity contribution in [3.8, 4) is 0 Å². The van der Waals surface area contributed by atoms with Gasteiger partial charge in [0.15, 0.2) is 5.78 Å². The molecule has 1 aliphatic rings. The molecule has 22 heavy (non-hydrogen) atoms. The molecule has 0 aromatic carbocycles. The van der Waals surface area contributed by atoms with Crippen LogP contribution in [0.2, 0.25) is 0 Å². The van der Waals surface area contributed by atoms with Gasteiger partial charge in [-0.1, -0.05) is 42.0 Å². The lowest BCUT2D eigenvalue weighted by Crippen LogP contribution is -2.15. The number of ketones is 2. The van der Waals surface area contributed by atoms with E-state index in [-0.39, 0.29) is 5.78 Å². The summed E-state index contributed by atoms with van der Waals surface area (Å²) in [4.78, 5) is 20.7. The van der Waals surface area contributed by atoms with Gasteiger partial charge in [-0.2, -0.15) is 0 Å². The van der Waals surface area contributed by atoms with Crippen LogP contribution in [-0.2, 0) is 9.59 Å². The average molecular weight is 304 g/mol. The molecule has 0 aromatic heterocycles. The molecule has 0 N–H and O–H groups in total. The second kappa shape index (κ2) is 11.9. The summed E-state index contributed by atoms with van der Waals surface area (Å²) < 4.78 is 0. The molecule has 0 bridgehead atoms. The summed E-state index contributed by atoms with van der Waals surface area (Å²) in [5.41, 5.74) is 5.05. The molecule has 1 aliphatic carbocycles. The molecular formula is C20H32O2. The normalized spacial score (nSPS) is 16.4.